The first kappa shape index (κ1) is 27.0. The fraction of sp³-hybridized carbons (Fsp3) is 0.118. The van der Waals surface area contributed by atoms with Crippen molar-refractivity contribution in [3.05, 3.63) is 119 Å². The topological polar surface area (TPSA) is 102 Å². The number of hydrazone groups is 1. The molecular weight excluding hydrogens is 552 g/mol. The van der Waals surface area contributed by atoms with Crippen LogP contribution in [0.15, 0.2) is 107 Å². The summed E-state index contributed by atoms with van der Waals surface area (Å²) in [5.41, 5.74) is 10.1. The van der Waals surface area contributed by atoms with Crippen molar-refractivity contribution in [2.75, 3.05) is 14.1 Å². The molecule has 0 atom stereocenters. The Balaban J connectivity index is 1.36. The van der Waals surface area contributed by atoms with E-state index in [0.29, 0.717) is 11.7 Å². The lowest BCUT2D eigenvalue weighted by Gasteiger charge is -2.38. The number of benzene rings is 5. The number of amidine groups is 1. The van der Waals surface area contributed by atoms with Gasteiger partial charge in [0, 0.05) is 19.7 Å². The van der Waals surface area contributed by atoms with Crippen molar-refractivity contribution in [2.24, 2.45) is 19.2 Å². The number of carbonyl (C=O) groups is 1. The number of aryl methyl sites for hydroxylation is 2. The molecule has 1 aliphatic heterocycles. The molecule has 44 heavy (non-hydrogen) atoms. The minimum absolute atomic E-state index is 0.285. The molecule has 10 heteroatoms. The monoisotopic (exact) mass is 580 g/mol. The van der Waals surface area contributed by atoms with Crippen LogP contribution >= 0.6 is 0 Å². The Morgan fingerprint density at radius 1 is 0.636 bits per heavy atom. The Morgan fingerprint density at radius 2 is 1.09 bits per heavy atom. The van der Waals surface area contributed by atoms with Crippen LogP contribution in [0.25, 0.3) is 60.6 Å². The summed E-state index contributed by atoms with van der Waals surface area (Å²) in [6, 6.07) is 32.9. The quantitative estimate of drug-likeness (QED) is 0.210. The predicted molar refractivity (Wildman–Crippen MR) is 171 cm³/mol. The van der Waals surface area contributed by atoms with Crippen LogP contribution in [0.3, 0.4) is 0 Å². The number of hydrogen-bond acceptors (Lipinski definition) is 5. The zero-order chi connectivity index (χ0) is 30.5. The lowest BCUT2D eigenvalue weighted by Crippen LogP contribution is -2.54. The second kappa shape index (κ2) is 10.4. The molecule has 2 amide bonds. The highest BCUT2D eigenvalue weighted by Gasteiger charge is 2.19. The van der Waals surface area contributed by atoms with E-state index in [9.17, 15) is 9.59 Å². The van der Waals surface area contributed by atoms with Gasteiger partial charge < -0.3 is 20.5 Å². The Labute approximate surface area is 253 Å². The lowest BCUT2D eigenvalue weighted by molar-refractivity contribution is -0.749. The third-order valence-electron chi connectivity index (χ3n) is 7.88. The average molecular weight is 581 g/mol. The van der Waals surface area contributed by atoms with Crippen LogP contribution in [-0.4, -0.2) is 50.9 Å². The van der Waals surface area contributed by atoms with Crippen molar-refractivity contribution in [1.29, 1.82) is 0 Å². The summed E-state index contributed by atoms with van der Waals surface area (Å²) in [5, 5.41) is 20.1. The van der Waals surface area contributed by atoms with Crippen molar-refractivity contribution in [1.82, 2.24) is 24.9 Å². The highest BCUT2D eigenvalue weighted by Crippen LogP contribution is 2.43. The molecule has 1 aromatic heterocycles. The lowest BCUT2D eigenvalue weighted by atomic mass is 9.85. The molecule has 10 nitrogen and oxygen atoms in total. The van der Waals surface area contributed by atoms with Crippen LogP contribution in [0.4, 0.5) is 4.79 Å². The fourth-order valence-electron chi connectivity index (χ4n) is 5.75. The number of carbonyl (C=O) groups excluding carboxylic acids is 1. The smallest absolute Gasteiger partial charge is 0.369 e. The number of amides is 2. The summed E-state index contributed by atoms with van der Waals surface area (Å²) in [6.07, 6.45) is 0. The van der Waals surface area contributed by atoms with E-state index in [1.807, 2.05) is 24.3 Å². The van der Waals surface area contributed by atoms with E-state index in [2.05, 4.69) is 93.5 Å². The Kier molecular flexibility index (Phi) is 6.39. The van der Waals surface area contributed by atoms with Gasteiger partial charge in [0.05, 0.1) is 0 Å². The predicted octanol–water partition coefficient (Wildman–Crippen LogP) is 5.25. The molecule has 7 rings (SSSR count). The maximum absolute atomic E-state index is 12.1. The molecule has 0 fully saturated rings. The normalized spacial score (nSPS) is 13.4. The largest absolute Gasteiger partial charge is 0.539 e. The van der Waals surface area contributed by atoms with Gasteiger partial charge in [0.15, 0.2) is 0 Å². The minimum Gasteiger partial charge on any atom is -0.369 e. The molecule has 5 aromatic carbocycles. The summed E-state index contributed by atoms with van der Waals surface area (Å²) in [5.74, 6) is 0.957. The summed E-state index contributed by atoms with van der Waals surface area (Å²) in [4.78, 5) is 24.1. The molecule has 0 spiro atoms. The molecule has 0 aliphatic carbocycles. The number of rotatable bonds is 4. The van der Waals surface area contributed by atoms with Gasteiger partial charge in [0.1, 0.15) is 14.1 Å². The maximum Gasteiger partial charge on any atom is 0.539 e. The van der Waals surface area contributed by atoms with Gasteiger partial charge in [-0.25, -0.2) is 4.79 Å². The summed E-state index contributed by atoms with van der Waals surface area (Å²) < 4.78 is 2.58. The third kappa shape index (κ3) is 4.44. The third-order valence-corrected chi connectivity index (χ3v) is 7.88. The molecule has 0 radical (unpaired) electrons. The van der Waals surface area contributed by atoms with Gasteiger partial charge in [-0.3, -0.25) is 0 Å². The molecule has 2 heterocycles. The van der Waals surface area contributed by atoms with Crippen molar-refractivity contribution < 1.29 is 9.48 Å². The minimum atomic E-state index is -0.285. The first-order chi connectivity index (χ1) is 21.3. The van der Waals surface area contributed by atoms with Gasteiger partial charge in [-0.15, -0.1) is 0 Å². The number of urea groups is 1. The number of hydrogen-bond donors (Lipinski definition) is 0. The standard InChI is InChI=1S/C34H28N8O2/c1-39-33(43)40(2)36-31(35-39)23-17-13-21(14-18-23)29-25-9-5-7-11-27(25)30(28-12-8-6-10-26(28)29)22-15-19-24(20-16-22)32-37-41(3)34(44)42(4)38-32/h5-20H,1-4H3. The van der Waals surface area contributed by atoms with Crippen LogP contribution in [0.5, 0.6) is 0 Å². The molecule has 0 unspecified atom stereocenters. The Bertz CT molecular complexity index is 2100. The number of nitrogens with zero attached hydrogens (tertiary/aromatic N) is 8. The van der Waals surface area contributed by atoms with E-state index >= 15 is 0 Å². The Hall–Kier alpha value is -5.90. The molecule has 0 bridgehead atoms. The first-order valence-corrected chi connectivity index (χ1v) is 14.1. The summed E-state index contributed by atoms with van der Waals surface area (Å²) >= 11 is 0. The van der Waals surface area contributed by atoms with Crippen molar-refractivity contribution in [3.63, 3.8) is 0 Å². The maximum atomic E-state index is 12.1. The second-order valence-electron chi connectivity index (χ2n) is 10.7. The van der Waals surface area contributed by atoms with Gasteiger partial charge in [0.25, 0.3) is 0 Å². The van der Waals surface area contributed by atoms with Crippen LogP contribution in [0.2, 0.25) is 0 Å². The van der Waals surface area contributed by atoms with Gasteiger partial charge in [-0.1, -0.05) is 117 Å². The highest BCUT2D eigenvalue weighted by atomic mass is 16.2. The molecule has 0 saturated carbocycles. The zero-order valence-electron chi connectivity index (χ0n) is 24.6. The van der Waals surface area contributed by atoms with Crippen LogP contribution < -0.4 is 10.4 Å². The fourth-order valence-corrected chi connectivity index (χ4v) is 5.75. The highest BCUT2D eigenvalue weighted by molar-refractivity contribution is 6.21. The van der Waals surface area contributed by atoms with E-state index in [1.54, 1.807) is 28.2 Å². The molecule has 1 aliphatic rings. The van der Waals surface area contributed by atoms with E-state index in [1.165, 1.54) is 19.4 Å². The molecule has 216 valence electrons. The summed E-state index contributed by atoms with van der Waals surface area (Å²) in [6.45, 7) is 0. The van der Waals surface area contributed by atoms with Gasteiger partial charge >= 0.3 is 11.7 Å². The molecule has 0 N–H and O–H groups in total. The SMILES string of the molecule is CN1N=C(c2ccc(-c3c4ccccc4c(-c4ccc(-c5nn(C)c(=O)[n+](C)n5)cc4)c4ccccc34)cc2)[N-]N(C)C1=O. The van der Waals surface area contributed by atoms with Crippen molar-refractivity contribution in [3.8, 4) is 33.6 Å². The first-order valence-electron chi connectivity index (χ1n) is 14.1. The summed E-state index contributed by atoms with van der Waals surface area (Å²) in [7, 11) is 6.48. The van der Waals surface area contributed by atoms with Crippen molar-refractivity contribution >= 4 is 33.4 Å². The van der Waals surface area contributed by atoms with E-state index in [-0.39, 0.29) is 11.7 Å². The second-order valence-corrected chi connectivity index (χ2v) is 10.7. The zero-order valence-corrected chi connectivity index (χ0v) is 24.6. The van der Waals surface area contributed by atoms with Gasteiger partial charge in [-0.2, -0.15) is 4.79 Å². The van der Waals surface area contributed by atoms with Gasteiger partial charge in [0.2, 0.25) is 5.82 Å². The molecule has 6 aromatic rings. The van der Waals surface area contributed by atoms with E-state index in [0.717, 1.165) is 54.9 Å². The van der Waals surface area contributed by atoms with Crippen LogP contribution in [0, 0.1) is 0 Å². The molecule has 0 saturated heterocycles. The van der Waals surface area contributed by atoms with E-state index in [4.69, 9.17) is 0 Å². The van der Waals surface area contributed by atoms with E-state index < -0.39 is 0 Å². The number of aromatic nitrogens is 4. The molecular formula is C34H28N8O2. The van der Waals surface area contributed by atoms with Crippen LogP contribution in [-0.2, 0) is 14.1 Å². The van der Waals surface area contributed by atoms with Crippen molar-refractivity contribution in [2.45, 2.75) is 0 Å². The number of fused-ring (bicyclic) bond motifs is 2. The Morgan fingerprint density at radius 3 is 1.55 bits per heavy atom. The van der Waals surface area contributed by atoms with Gasteiger partial charge in [-0.05, 0) is 55.2 Å². The van der Waals surface area contributed by atoms with Crippen LogP contribution in [0.1, 0.15) is 5.56 Å². The average Bonchev–Trinajstić information content (AvgIpc) is 3.04.